The van der Waals surface area contributed by atoms with Crippen molar-refractivity contribution in [2.45, 2.75) is 32.7 Å². The molecule has 0 spiro atoms. The monoisotopic (exact) mass is 238 g/mol. The Morgan fingerprint density at radius 2 is 1.65 bits per heavy atom. The summed E-state index contributed by atoms with van der Waals surface area (Å²) in [5.74, 6) is -0.170. The minimum Gasteiger partial charge on any atom is -0.315 e. The quantitative estimate of drug-likeness (QED) is 0.743. The van der Waals surface area contributed by atoms with Gasteiger partial charge < -0.3 is 10.6 Å². The van der Waals surface area contributed by atoms with E-state index in [0.717, 1.165) is 26.1 Å². The summed E-state index contributed by atoms with van der Waals surface area (Å²) >= 11 is 0. The minimum atomic E-state index is -0.170. The molecule has 0 heterocycles. The van der Waals surface area contributed by atoms with E-state index in [0.29, 0.717) is 0 Å². The fraction of sp³-hybridized carbons (Fsp3) is 0.571. The summed E-state index contributed by atoms with van der Waals surface area (Å²) < 4.78 is 12.7. The van der Waals surface area contributed by atoms with Gasteiger partial charge in [-0.1, -0.05) is 12.1 Å². The maximum Gasteiger partial charge on any atom is 0.123 e. The summed E-state index contributed by atoms with van der Waals surface area (Å²) in [6.45, 7) is 9.32. The molecule has 2 N–H and O–H groups in total. The van der Waals surface area contributed by atoms with Crippen LogP contribution >= 0.6 is 0 Å². The second-order valence-electron chi connectivity index (χ2n) is 5.30. The Hall–Kier alpha value is -0.930. The molecule has 17 heavy (non-hydrogen) atoms. The normalized spacial score (nSPS) is 11.8. The van der Waals surface area contributed by atoms with Crippen LogP contribution in [0.3, 0.4) is 0 Å². The van der Waals surface area contributed by atoms with Crippen LogP contribution in [0.5, 0.6) is 0 Å². The maximum absolute atomic E-state index is 12.7. The summed E-state index contributed by atoms with van der Waals surface area (Å²) in [6, 6.07) is 6.70. The zero-order valence-electron chi connectivity index (χ0n) is 11.0. The van der Waals surface area contributed by atoms with Crippen LogP contribution in [0.25, 0.3) is 0 Å². The van der Waals surface area contributed by atoms with Crippen molar-refractivity contribution in [3.8, 4) is 0 Å². The molecule has 0 saturated heterocycles. The number of hydrogen-bond donors (Lipinski definition) is 2. The lowest BCUT2D eigenvalue weighted by atomic mass is 10.1. The number of halogens is 1. The second kappa shape index (κ2) is 6.72. The molecule has 0 saturated carbocycles. The van der Waals surface area contributed by atoms with E-state index in [1.165, 1.54) is 17.7 Å². The highest BCUT2D eigenvalue weighted by Gasteiger charge is 2.06. The molecule has 3 heteroatoms. The average Bonchev–Trinajstić information content (AvgIpc) is 2.24. The van der Waals surface area contributed by atoms with Gasteiger partial charge >= 0.3 is 0 Å². The molecule has 0 aliphatic rings. The van der Waals surface area contributed by atoms with Crippen molar-refractivity contribution in [3.63, 3.8) is 0 Å². The van der Waals surface area contributed by atoms with Crippen LogP contribution in [0, 0.1) is 5.82 Å². The fourth-order valence-corrected chi connectivity index (χ4v) is 1.53. The predicted molar refractivity (Wildman–Crippen MR) is 70.7 cm³/mol. The van der Waals surface area contributed by atoms with Gasteiger partial charge in [0.1, 0.15) is 5.82 Å². The van der Waals surface area contributed by atoms with Crippen molar-refractivity contribution >= 4 is 0 Å². The third-order valence-corrected chi connectivity index (χ3v) is 2.46. The van der Waals surface area contributed by atoms with Gasteiger partial charge in [-0.05, 0) is 51.4 Å². The Morgan fingerprint density at radius 3 is 2.24 bits per heavy atom. The van der Waals surface area contributed by atoms with Crippen LogP contribution in [0.1, 0.15) is 26.3 Å². The van der Waals surface area contributed by atoms with Crippen LogP contribution in [-0.4, -0.2) is 25.2 Å². The molecule has 0 radical (unpaired) electrons. The molecule has 96 valence electrons. The number of nitrogens with one attached hydrogen (secondary N) is 2. The van der Waals surface area contributed by atoms with E-state index in [9.17, 15) is 4.39 Å². The molecule has 1 aromatic rings. The molecule has 0 bridgehead atoms. The minimum absolute atomic E-state index is 0.170. The Labute approximate surface area is 104 Å². The maximum atomic E-state index is 12.7. The number of hydrogen-bond acceptors (Lipinski definition) is 2. The molecular formula is C14H23FN2. The summed E-state index contributed by atoms with van der Waals surface area (Å²) in [6.07, 6.45) is 0.940. The van der Waals surface area contributed by atoms with Gasteiger partial charge in [0.05, 0.1) is 0 Å². The van der Waals surface area contributed by atoms with E-state index in [1.54, 1.807) is 0 Å². The van der Waals surface area contributed by atoms with E-state index in [-0.39, 0.29) is 11.4 Å². The SMILES string of the molecule is CC(C)(C)NCCNCCc1ccc(F)cc1. The lowest BCUT2D eigenvalue weighted by Gasteiger charge is -2.20. The zero-order chi connectivity index (χ0) is 12.7. The van der Waals surface area contributed by atoms with Crippen LogP contribution in [0.2, 0.25) is 0 Å². The molecule has 0 aromatic heterocycles. The number of benzene rings is 1. The van der Waals surface area contributed by atoms with Gasteiger partial charge in [0.15, 0.2) is 0 Å². The molecule has 0 amide bonds. The van der Waals surface area contributed by atoms with Crippen molar-refractivity contribution in [2.75, 3.05) is 19.6 Å². The topological polar surface area (TPSA) is 24.1 Å². The molecule has 0 fully saturated rings. The summed E-state index contributed by atoms with van der Waals surface area (Å²) in [5.41, 5.74) is 1.35. The molecule has 0 aliphatic heterocycles. The van der Waals surface area contributed by atoms with Crippen molar-refractivity contribution in [2.24, 2.45) is 0 Å². The first-order valence-electron chi connectivity index (χ1n) is 6.17. The molecule has 1 rings (SSSR count). The first-order chi connectivity index (χ1) is 7.97. The number of rotatable bonds is 6. The third-order valence-electron chi connectivity index (χ3n) is 2.46. The van der Waals surface area contributed by atoms with Gasteiger partial charge in [-0.15, -0.1) is 0 Å². The van der Waals surface area contributed by atoms with Crippen molar-refractivity contribution in [3.05, 3.63) is 35.6 Å². The van der Waals surface area contributed by atoms with Crippen molar-refractivity contribution in [1.29, 1.82) is 0 Å². The highest BCUT2D eigenvalue weighted by Crippen LogP contribution is 2.02. The third kappa shape index (κ3) is 7.08. The average molecular weight is 238 g/mol. The van der Waals surface area contributed by atoms with E-state index in [2.05, 4.69) is 31.4 Å². The first kappa shape index (κ1) is 14.1. The molecule has 1 aromatic carbocycles. The zero-order valence-corrected chi connectivity index (χ0v) is 11.0. The van der Waals surface area contributed by atoms with Gasteiger partial charge in [-0.2, -0.15) is 0 Å². The lowest BCUT2D eigenvalue weighted by molar-refractivity contribution is 0.422. The Balaban J connectivity index is 2.07. The fourth-order valence-electron chi connectivity index (χ4n) is 1.53. The largest absolute Gasteiger partial charge is 0.315 e. The van der Waals surface area contributed by atoms with Crippen molar-refractivity contribution in [1.82, 2.24) is 10.6 Å². The molecular weight excluding hydrogens is 215 g/mol. The van der Waals surface area contributed by atoms with Gasteiger partial charge in [-0.3, -0.25) is 0 Å². The van der Waals surface area contributed by atoms with E-state index >= 15 is 0 Å². The standard InChI is InChI=1S/C14H23FN2/c1-14(2,3)17-11-10-16-9-8-12-4-6-13(15)7-5-12/h4-7,16-17H,8-11H2,1-3H3. The molecule has 0 unspecified atom stereocenters. The summed E-state index contributed by atoms with van der Waals surface area (Å²) in [7, 11) is 0. The summed E-state index contributed by atoms with van der Waals surface area (Å²) in [5, 5.41) is 6.78. The van der Waals surface area contributed by atoms with Crippen molar-refractivity contribution < 1.29 is 4.39 Å². The van der Waals surface area contributed by atoms with Gasteiger partial charge in [0.25, 0.3) is 0 Å². The summed E-state index contributed by atoms with van der Waals surface area (Å²) in [4.78, 5) is 0. The predicted octanol–water partition coefficient (Wildman–Crippen LogP) is 2.35. The Kier molecular flexibility index (Phi) is 5.59. The Bertz CT molecular complexity index is 314. The molecule has 0 atom stereocenters. The highest BCUT2D eigenvalue weighted by molar-refractivity contribution is 5.16. The van der Waals surface area contributed by atoms with Gasteiger partial charge in [-0.25, -0.2) is 4.39 Å². The first-order valence-corrected chi connectivity index (χ1v) is 6.17. The van der Waals surface area contributed by atoms with E-state index < -0.39 is 0 Å². The Morgan fingerprint density at radius 1 is 1.00 bits per heavy atom. The molecule has 0 aliphatic carbocycles. The van der Waals surface area contributed by atoms with Gasteiger partial charge in [0.2, 0.25) is 0 Å². The van der Waals surface area contributed by atoms with Crippen LogP contribution in [0.15, 0.2) is 24.3 Å². The lowest BCUT2D eigenvalue weighted by Crippen LogP contribution is -2.40. The van der Waals surface area contributed by atoms with Crippen LogP contribution < -0.4 is 10.6 Å². The smallest absolute Gasteiger partial charge is 0.123 e. The van der Waals surface area contributed by atoms with Crippen LogP contribution in [0.4, 0.5) is 4.39 Å². The van der Waals surface area contributed by atoms with E-state index in [4.69, 9.17) is 0 Å². The second-order valence-corrected chi connectivity index (χ2v) is 5.30. The van der Waals surface area contributed by atoms with Gasteiger partial charge in [0, 0.05) is 18.6 Å². The highest BCUT2D eigenvalue weighted by atomic mass is 19.1. The van der Waals surface area contributed by atoms with Crippen LogP contribution in [-0.2, 0) is 6.42 Å². The van der Waals surface area contributed by atoms with E-state index in [1.807, 2.05) is 12.1 Å². The molecule has 2 nitrogen and oxygen atoms in total.